The molecule has 0 aromatic heterocycles. The van der Waals surface area contributed by atoms with Gasteiger partial charge >= 0.3 is 27.6 Å². The SMILES string of the molecule is CC/C=C\C/C=C\C/C=C\C/C=C\C=C\C(O)CCCC(=O)O[C@H](COC(=O)CCCCCCCCC/C=C\C/C=C\CCCCC)COP(=O)(O)O[C@H]1C(O)C(O)C(O)[C@@H](OP(=O)(O)O)C1O. The average Bonchev–Trinajstić information content (AvgIpc) is 3.29. The maximum Gasteiger partial charge on any atom is 0.472 e. The molecule has 0 aromatic rings. The quantitative estimate of drug-likeness (QED) is 0.00944. The molecule has 0 aliphatic heterocycles. The monoisotopic (exact) mass is 1000 g/mol. The topological polar surface area (TPSA) is 276 Å². The fourth-order valence-corrected chi connectivity index (χ4v) is 8.33. The Bertz CT molecular complexity index is 1650. The Kier molecular flexibility index (Phi) is 36.1. The number of phosphoric ester groups is 2. The third-order valence-corrected chi connectivity index (χ3v) is 12.1. The Morgan fingerprint density at radius 2 is 1.07 bits per heavy atom. The van der Waals surface area contributed by atoms with Crippen LogP contribution in [0.2, 0.25) is 0 Å². The standard InChI is InChI=1S/C49H82O17P2/c1-3-5-7-9-11-13-15-17-18-19-20-22-24-26-28-30-32-36-42(51)62-38-41(39-63-68(60,61)66-49-46(55)44(53)45(54)48(47(49)56)65-67(57,58)59)64-43(52)37-33-35-40(50)34-31-29-27-25-23-21-16-14-12-10-8-6-4-2/h6,8,11-14,17-18,21,23,27,29,31,34,40-41,44-50,53-56H,3-5,7,9-10,15-16,19-20,22,24-26,28,30,32-33,35-39H2,1-2H3,(H,60,61)(H2,57,58,59)/b8-6-,13-11-,14-12-,18-17-,23-21-,29-27-,34-31+/t40?,41-,44?,45?,46?,47?,48-,49+/m1/s1. The van der Waals surface area contributed by atoms with Crippen LogP contribution < -0.4 is 0 Å². The lowest BCUT2D eigenvalue weighted by molar-refractivity contribution is -0.216. The largest absolute Gasteiger partial charge is 0.472 e. The van der Waals surface area contributed by atoms with Gasteiger partial charge in [0.15, 0.2) is 6.10 Å². The van der Waals surface area contributed by atoms with Gasteiger partial charge in [0.2, 0.25) is 0 Å². The first-order valence-corrected chi connectivity index (χ1v) is 27.3. The van der Waals surface area contributed by atoms with Gasteiger partial charge in [0.05, 0.1) is 12.7 Å². The number of esters is 2. The number of rotatable bonds is 39. The number of hydrogen-bond acceptors (Lipinski definition) is 14. The predicted molar refractivity (Wildman–Crippen MR) is 261 cm³/mol. The van der Waals surface area contributed by atoms with E-state index in [0.717, 1.165) is 83.5 Å². The van der Waals surface area contributed by atoms with Crippen molar-refractivity contribution in [1.82, 2.24) is 0 Å². The number of carbonyl (C=O) groups is 2. The first-order valence-electron chi connectivity index (χ1n) is 24.2. The van der Waals surface area contributed by atoms with Gasteiger partial charge in [-0.05, 0) is 77.0 Å². The molecular formula is C49H82O17P2. The molecule has 0 heterocycles. The lowest BCUT2D eigenvalue weighted by Gasteiger charge is -2.43. The van der Waals surface area contributed by atoms with Crippen LogP contribution in [0.15, 0.2) is 85.1 Å². The van der Waals surface area contributed by atoms with Crippen molar-refractivity contribution in [1.29, 1.82) is 0 Å². The smallest absolute Gasteiger partial charge is 0.462 e. The third kappa shape index (κ3) is 32.9. The molecule has 9 atom stereocenters. The summed E-state index contributed by atoms with van der Waals surface area (Å²) in [4.78, 5) is 54.3. The highest BCUT2D eigenvalue weighted by atomic mass is 31.2. The number of aliphatic hydroxyl groups excluding tert-OH is 5. The summed E-state index contributed by atoms with van der Waals surface area (Å²) >= 11 is 0. The number of aliphatic hydroxyl groups is 5. The molecule has 0 radical (unpaired) electrons. The lowest BCUT2D eigenvalue weighted by atomic mass is 9.85. The molecule has 0 amide bonds. The molecular weight excluding hydrogens is 922 g/mol. The van der Waals surface area contributed by atoms with E-state index in [2.05, 4.69) is 73.1 Å². The Hall–Kier alpha value is -2.86. The molecule has 17 nitrogen and oxygen atoms in total. The summed E-state index contributed by atoms with van der Waals surface area (Å²) in [5.41, 5.74) is 0. The summed E-state index contributed by atoms with van der Waals surface area (Å²) in [5.74, 6) is -1.43. The van der Waals surface area contributed by atoms with Crippen LogP contribution >= 0.6 is 15.6 Å². The van der Waals surface area contributed by atoms with E-state index in [1.54, 1.807) is 18.2 Å². The van der Waals surface area contributed by atoms with E-state index in [0.29, 0.717) is 6.42 Å². The lowest BCUT2D eigenvalue weighted by Crippen LogP contribution is -2.64. The minimum Gasteiger partial charge on any atom is -0.462 e. The number of allylic oxidation sites excluding steroid dienone is 13. The number of carbonyl (C=O) groups excluding carboxylic acids is 2. The number of hydrogen-bond donors (Lipinski definition) is 8. The van der Waals surface area contributed by atoms with E-state index in [9.17, 15) is 58.9 Å². The number of unbranched alkanes of at least 4 members (excludes halogenated alkanes) is 10. The van der Waals surface area contributed by atoms with Gasteiger partial charge in [-0.25, -0.2) is 9.13 Å². The Labute approximate surface area is 404 Å². The fourth-order valence-electron chi connectivity index (χ4n) is 6.79. The molecule has 1 aliphatic rings. The number of ether oxygens (including phenoxy) is 2. The average molecular weight is 1010 g/mol. The van der Waals surface area contributed by atoms with Crippen molar-refractivity contribution in [2.45, 2.75) is 198 Å². The maximum absolute atomic E-state index is 13.0. The van der Waals surface area contributed by atoms with Gasteiger partial charge in [0.25, 0.3) is 0 Å². The van der Waals surface area contributed by atoms with Crippen LogP contribution in [-0.4, -0.2) is 114 Å². The van der Waals surface area contributed by atoms with E-state index in [4.69, 9.17) is 18.5 Å². The minimum atomic E-state index is -5.39. The molecule has 1 fully saturated rings. The summed E-state index contributed by atoms with van der Waals surface area (Å²) in [6.45, 7) is 2.79. The van der Waals surface area contributed by atoms with Gasteiger partial charge in [-0.15, -0.1) is 0 Å². The van der Waals surface area contributed by atoms with Crippen molar-refractivity contribution in [2.75, 3.05) is 13.2 Å². The molecule has 19 heteroatoms. The molecule has 1 rings (SSSR count). The summed E-state index contributed by atoms with van der Waals surface area (Å²) in [6, 6.07) is 0. The molecule has 68 heavy (non-hydrogen) atoms. The van der Waals surface area contributed by atoms with Crippen molar-refractivity contribution >= 4 is 27.6 Å². The highest BCUT2D eigenvalue weighted by Gasteiger charge is 2.54. The van der Waals surface area contributed by atoms with Crippen molar-refractivity contribution in [2.24, 2.45) is 0 Å². The molecule has 0 bridgehead atoms. The molecule has 390 valence electrons. The first-order chi connectivity index (χ1) is 32.5. The zero-order valence-corrected chi connectivity index (χ0v) is 41.9. The van der Waals surface area contributed by atoms with Crippen LogP contribution in [0.5, 0.6) is 0 Å². The van der Waals surface area contributed by atoms with Crippen molar-refractivity contribution < 1.29 is 82.0 Å². The molecule has 0 saturated heterocycles. The zero-order valence-electron chi connectivity index (χ0n) is 40.1. The molecule has 8 N–H and O–H groups in total. The van der Waals surface area contributed by atoms with Crippen LogP contribution in [0, 0.1) is 0 Å². The van der Waals surface area contributed by atoms with Gasteiger partial charge < -0.3 is 49.7 Å². The van der Waals surface area contributed by atoms with Crippen LogP contribution in [0.4, 0.5) is 0 Å². The summed E-state index contributed by atoms with van der Waals surface area (Å²) < 4.78 is 49.2. The van der Waals surface area contributed by atoms with Crippen LogP contribution in [0.3, 0.4) is 0 Å². The van der Waals surface area contributed by atoms with E-state index in [1.807, 2.05) is 12.2 Å². The molecule has 1 aliphatic carbocycles. The minimum absolute atomic E-state index is 0.0662. The van der Waals surface area contributed by atoms with E-state index >= 15 is 0 Å². The summed E-state index contributed by atoms with van der Waals surface area (Å²) in [6.07, 6.45) is 29.8. The highest BCUT2D eigenvalue weighted by Crippen LogP contribution is 2.49. The Morgan fingerprint density at radius 1 is 0.559 bits per heavy atom. The second-order valence-corrected chi connectivity index (χ2v) is 19.2. The van der Waals surface area contributed by atoms with Crippen LogP contribution in [0.1, 0.15) is 149 Å². The first kappa shape index (κ1) is 63.2. The van der Waals surface area contributed by atoms with E-state index in [1.165, 1.54) is 19.3 Å². The number of phosphoric acid groups is 2. The van der Waals surface area contributed by atoms with Crippen molar-refractivity contribution in [3.8, 4) is 0 Å². The predicted octanol–water partition coefficient (Wildman–Crippen LogP) is 8.36. The summed E-state index contributed by atoms with van der Waals surface area (Å²) in [5, 5.41) is 51.6. The zero-order chi connectivity index (χ0) is 50.5. The Balaban J connectivity index is 2.68. The van der Waals surface area contributed by atoms with Gasteiger partial charge in [0.1, 0.15) is 43.2 Å². The van der Waals surface area contributed by atoms with Gasteiger partial charge in [-0.1, -0.05) is 144 Å². The fraction of sp³-hybridized carbons (Fsp3) is 0.673. The second kappa shape index (κ2) is 38.8. The normalized spacial score (nSPS) is 22.4. The molecule has 0 spiro atoms. The maximum atomic E-state index is 13.0. The molecule has 1 saturated carbocycles. The van der Waals surface area contributed by atoms with Crippen molar-refractivity contribution in [3.05, 3.63) is 85.1 Å². The van der Waals surface area contributed by atoms with Crippen LogP contribution in [-0.2, 0) is 41.8 Å². The molecule has 0 aromatic carbocycles. The van der Waals surface area contributed by atoms with Gasteiger partial charge in [-0.2, -0.15) is 0 Å². The van der Waals surface area contributed by atoms with Crippen molar-refractivity contribution in [3.63, 3.8) is 0 Å². The molecule has 6 unspecified atom stereocenters. The second-order valence-electron chi connectivity index (χ2n) is 16.6. The summed E-state index contributed by atoms with van der Waals surface area (Å²) in [7, 11) is -10.8. The van der Waals surface area contributed by atoms with E-state index in [-0.39, 0.29) is 25.7 Å². The Morgan fingerprint density at radius 3 is 1.66 bits per heavy atom. The van der Waals surface area contributed by atoms with Gasteiger partial charge in [0, 0.05) is 12.8 Å². The third-order valence-electron chi connectivity index (χ3n) is 10.6. The van der Waals surface area contributed by atoms with E-state index < -0.39 is 89.6 Å². The van der Waals surface area contributed by atoms with Crippen LogP contribution in [0.25, 0.3) is 0 Å². The highest BCUT2D eigenvalue weighted by molar-refractivity contribution is 7.47. The van der Waals surface area contributed by atoms with Gasteiger partial charge in [-0.3, -0.25) is 23.2 Å².